The lowest BCUT2D eigenvalue weighted by molar-refractivity contribution is 0.529. The fraction of sp³-hybridized carbons (Fsp3) is 0.833. The third-order valence-electron chi connectivity index (χ3n) is 1.36. The van der Waals surface area contributed by atoms with Crippen LogP contribution in [0.4, 0.5) is 5.13 Å². The summed E-state index contributed by atoms with van der Waals surface area (Å²) in [7, 11) is 1.92. The Labute approximate surface area is 75.7 Å². The number of anilines is 1. The van der Waals surface area contributed by atoms with Crippen LogP contribution >= 0.6 is 11.5 Å². The number of nitrogens with zero attached hydrogens (tertiary/aromatic N) is 3. The van der Waals surface area contributed by atoms with E-state index in [1.807, 2.05) is 7.05 Å². The van der Waals surface area contributed by atoms with Crippen LogP contribution in [0, 0.1) is 0 Å². The highest BCUT2D eigenvalue weighted by atomic mass is 32.1. The second kappa shape index (κ2) is 3.77. The van der Waals surface area contributed by atoms with Crippen molar-refractivity contribution in [3.63, 3.8) is 0 Å². The minimum Gasteiger partial charge on any atom is -0.353 e. The van der Waals surface area contributed by atoms with Crippen molar-refractivity contribution >= 4 is 16.7 Å². The van der Waals surface area contributed by atoms with Gasteiger partial charge in [-0.15, -0.1) is 0 Å². The maximum Gasteiger partial charge on any atom is 0.225 e. The van der Waals surface area contributed by atoms with Crippen molar-refractivity contribution < 1.29 is 0 Å². The largest absolute Gasteiger partial charge is 0.353 e. The molecular weight excluding hydrogens is 174 g/mol. The molecule has 0 amide bonds. The molecule has 1 rings (SSSR count). The summed E-state index contributed by atoms with van der Waals surface area (Å²) in [6, 6.07) is 0. The Kier molecular flexibility index (Phi) is 2.93. The van der Waals surface area contributed by atoms with Crippen molar-refractivity contribution in [3.8, 4) is 0 Å². The average Bonchev–Trinajstić information content (AvgIpc) is 2.38. The molecule has 0 saturated heterocycles. The first-order chi connectivity index (χ1) is 5.64. The van der Waals surface area contributed by atoms with Crippen LogP contribution in [0.25, 0.3) is 0 Å². The van der Waals surface area contributed by atoms with Crippen LogP contribution in [0.1, 0.15) is 13.8 Å². The van der Waals surface area contributed by atoms with Crippen molar-refractivity contribution in [3.05, 3.63) is 0 Å². The van der Waals surface area contributed by atoms with E-state index in [0.717, 1.165) is 11.7 Å². The Morgan fingerprint density at radius 1 is 1.50 bits per heavy atom. The average molecular weight is 187 g/mol. The second-order valence-corrected chi connectivity index (χ2v) is 3.94. The maximum absolute atomic E-state index is 3.80. The van der Waals surface area contributed by atoms with Gasteiger partial charge in [-0.3, -0.25) is 0 Å². The van der Waals surface area contributed by atoms with Crippen LogP contribution in [0.3, 0.4) is 0 Å². The van der Waals surface area contributed by atoms with Gasteiger partial charge in [0.05, 0.1) is 0 Å². The number of nitrogens with one attached hydrogen (secondary N) is 2. The number of likely N-dealkylation sites (N-methyl/N-ethyl adjacent to an activating group) is 1. The molecule has 1 aromatic heterocycles. The number of aromatic nitrogens is 3. The van der Waals surface area contributed by atoms with Gasteiger partial charge in [-0.05, 0) is 26.1 Å². The number of hydrogen-bond acceptors (Lipinski definition) is 6. The summed E-state index contributed by atoms with van der Waals surface area (Å²) in [6.07, 6.45) is 0. The third kappa shape index (κ3) is 2.71. The molecule has 0 saturated carbocycles. The normalized spacial score (nSPS) is 11.6. The van der Waals surface area contributed by atoms with Crippen LogP contribution in [0.2, 0.25) is 0 Å². The lowest BCUT2D eigenvalue weighted by Crippen LogP contribution is -2.40. The zero-order chi connectivity index (χ0) is 9.03. The topological polar surface area (TPSA) is 62.7 Å². The lowest BCUT2D eigenvalue weighted by atomic mass is 10.1. The summed E-state index contributed by atoms with van der Waals surface area (Å²) in [5, 5.41) is 14.4. The van der Waals surface area contributed by atoms with Crippen LogP contribution in [0.15, 0.2) is 0 Å². The van der Waals surface area contributed by atoms with Crippen molar-refractivity contribution in [1.82, 2.24) is 20.1 Å². The van der Waals surface area contributed by atoms with Crippen molar-refractivity contribution in [1.29, 1.82) is 0 Å². The Hall–Kier alpha value is -0.750. The molecule has 0 aliphatic rings. The highest BCUT2D eigenvalue weighted by Gasteiger charge is 2.17. The van der Waals surface area contributed by atoms with Gasteiger partial charge in [0, 0.05) is 23.6 Å². The Morgan fingerprint density at radius 2 is 2.25 bits per heavy atom. The van der Waals surface area contributed by atoms with Gasteiger partial charge in [0.2, 0.25) is 5.13 Å². The Bertz CT molecular complexity index is 220. The fourth-order valence-electron chi connectivity index (χ4n) is 0.957. The van der Waals surface area contributed by atoms with E-state index in [4.69, 9.17) is 0 Å². The zero-order valence-corrected chi connectivity index (χ0v) is 8.27. The van der Waals surface area contributed by atoms with Gasteiger partial charge >= 0.3 is 0 Å². The first kappa shape index (κ1) is 9.34. The highest BCUT2D eigenvalue weighted by molar-refractivity contribution is 7.09. The lowest BCUT2D eigenvalue weighted by Gasteiger charge is -2.24. The molecule has 5 nitrogen and oxygen atoms in total. The van der Waals surface area contributed by atoms with Gasteiger partial charge in [0.15, 0.2) is 0 Å². The summed E-state index contributed by atoms with van der Waals surface area (Å²) >= 11 is 1.26. The molecule has 0 bridgehead atoms. The molecule has 6 heteroatoms. The molecule has 1 aromatic rings. The van der Waals surface area contributed by atoms with E-state index in [9.17, 15) is 0 Å². The minimum atomic E-state index is -0.0179. The summed E-state index contributed by atoms with van der Waals surface area (Å²) < 4.78 is 3.66. The molecule has 0 unspecified atom stereocenters. The molecule has 0 spiro atoms. The molecule has 12 heavy (non-hydrogen) atoms. The van der Waals surface area contributed by atoms with E-state index >= 15 is 0 Å². The van der Waals surface area contributed by atoms with Gasteiger partial charge in [-0.25, -0.2) is 0 Å². The molecular formula is C6H13N5S. The summed E-state index contributed by atoms with van der Waals surface area (Å²) in [4.78, 5) is 0. The molecule has 0 aliphatic carbocycles. The maximum atomic E-state index is 3.80. The van der Waals surface area contributed by atoms with Crippen molar-refractivity contribution in [2.24, 2.45) is 0 Å². The summed E-state index contributed by atoms with van der Waals surface area (Å²) in [6.45, 7) is 5.04. The zero-order valence-electron chi connectivity index (χ0n) is 7.46. The summed E-state index contributed by atoms with van der Waals surface area (Å²) in [5.74, 6) is 0. The Balaban J connectivity index is 2.50. The third-order valence-corrected chi connectivity index (χ3v) is 1.87. The molecule has 0 atom stereocenters. The molecule has 0 fully saturated rings. The molecule has 0 radical (unpaired) electrons. The van der Waals surface area contributed by atoms with Crippen LogP contribution < -0.4 is 10.6 Å². The molecule has 68 valence electrons. The van der Waals surface area contributed by atoms with Crippen LogP contribution in [0.5, 0.6) is 0 Å². The quantitative estimate of drug-likeness (QED) is 0.712. The molecule has 1 heterocycles. The predicted octanol–water partition coefficient (Wildman–Crippen LogP) is 0.343. The molecule has 2 N–H and O–H groups in total. The first-order valence-electron chi connectivity index (χ1n) is 3.72. The van der Waals surface area contributed by atoms with E-state index < -0.39 is 0 Å². The number of rotatable bonds is 4. The van der Waals surface area contributed by atoms with E-state index in [1.54, 1.807) is 0 Å². The van der Waals surface area contributed by atoms with E-state index in [2.05, 4.69) is 39.3 Å². The van der Waals surface area contributed by atoms with Gasteiger partial charge in [-0.2, -0.15) is 0 Å². The van der Waals surface area contributed by atoms with Crippen molar-refractivity contribution in [2.75, 3.05) is 18.9 Å². The second-order valence-electron chi connectivity index (χ2n) is 3.21. The first-order valence-corrected chi connectivity index (χ1v) is 4.49. The van der Waals surface area contributed by atoms with Crippen LogP contribution in [-0.4, -0.2) is 33.9 Å². The SMILES string of the molecule is CNCC(C)(C)Nc1nnns1. The fourth-order valence-corrected chi connectivity index (χ4v) is 1.50. The van der Waals surface area contributed by atoms with Gasteiger partial charge in [-0.1, -0.05) is 9.59 Å². The predicted molar refractivity (Wildman–Crippen MR) is 49.3 cm³/mol. The standard InChI is InChI=1S/C6H13N5S/c1-6(2,4-7-3)8-5-9-10-11-12-5/h7H,4H2,1-3H3,(H,8,9,11). The summed E-state index contributed by atoms with van der Waals surface area (Å²) in [5.41, 5.74) is -0.0179. The monoisotopic (exact) mass is 187 g/mol. The minimum absolute atomic E-state index is 0.0179. The van der Waals surface area contributed by atoms with Crippen LogP contribution in [-0.2, 0) is 0 Å². The van der Waals surface area contributed by atoms with Gasteiger partial charge < -0.3 is 10.6 Å². The van der Waals surface area contributed by atoms with Gasteiger partial charge in [0.25, 0.3) is 0 Å². The van der Waals surface area contributed by atoms with E-state index in [1.165, 1.54) is 11.5 Å². The Morgan fingerprint density at radius 3 is 2.75 bits per heavy atom. The number of hydrogen-bond donors (Lipinski definition) is 2. The van der Waals surface area contributed by atoms with E-state index in [0.29, 0.717) is 0 Å². The van der Waals surface area contributed by atoms with Gasteiger partial charge in [0.1, 0.15) is 0 Å². The molecule has 0 aliphatic heterocycles. The smallest absolute Gasteiger partial charge is 0.225 e. The van der Waals surface area contributed by atoms with E-state index in [-0.39, 0.29) is 5.54 Å². The van der Waals surface area contributed by atoms with Crippen molar-refractivity contribution in [2.45, 2.75) is 19.4 Å². The molecule has 0 aromatic carbocycles. The highest BCUT2D eigenvalue weighted by Crippen LogP contribution is 2.13.